The van der Waals surface area contributed by atoms with Gasteiger partial charge in [0.25, 0.3) is 0 Å². The molecule has 2 atom stereocenters. The maximum Gasteiger partial charge on any atom is 0.169 e. The van der Waals surface area contributed by atoms with Crippen LogP contribution >= 0.6 is 15.9 Å². The van der Waals surface area contributed by atoms with Crippen LogP contribution < -0.4 is 0 Å². The van der Waals surface area contributed by atoms with Gasteiger partial charge in [0.05, 0.1) is 4.83 Å². The fourth-order valence-corrected chi connectivity index (χ4v) is 1.05. The van der Waals surface area contributed by atoms with Crippen molar-refractivity contribution >= 4 is 15.9 Å². The Morgan fingerprint density at radius 2 is 2.00 bits per heavy atom. The molecular weight excluding hydrogens is 196 g/mol. The van der Waals surface area contributed by atoms with Crippen molar-refractivity contribution in [3.05, 3.63) is 0 Å². The summed E-state index contributed by atoms with van der Waals surface area (Å²) >= 11 is 3.45. The van der Waals surface area contributed by atoms with Crippen molar-refractivity contribution in [3.8, 4) is 0 Å². The molecule has 0 aromatic carbocycles. The van der Waals surface area contributed by atoms with Crippen molar-refractivity contribution in [2.45, 2.75) is 31.4 Å². The zero-order valence-electron chi connectivity index (χ0n) is 6.76. The third-order valence-corrected chi connectivity index (χ3v) is 2.33. The van der Waals surface area contributed by atoms with Gasteiger partial charge in [0, 0.05) is 13.7 Å². The van der Waals surface area contributed by atoms with Gasteiger partial charge in [-0.1, -0.05) is 22.9 Å². The Labute approximate surface area is 71.0 Å². The second-order valence-electron chi connectivity index (χ2n) is 1.98. The monoisotopic (exact) mass is 210 g/mol. The lowest BCUT2D eigenvalue weighted by molar-refractivity contribution is -0.118. The van der Waals surface area contributed by atoms with Crippen LogP contribution in [0.4, 0.5) is 0 Å². The lowest BCUT2D eigenvalue weighted by Crippen LogP contribution is -2.25. The lowest BCUT2D eigenvalue weighted by Gasteiger charge is -2.19. The molecule has 0 fully saturated rings. The van der Waals surface area contributed by atoms with E-state index in [9.17, 15) is 0 Å². The van der Waals surface area contributed by atoms with Gasteiger partial charge in [-0.2, -0.15) is 0 Å². The number of alkyl halides is 1. The summed E-state index contributed by atoms with van der Waals surface area (Å²) in [5.41, 5.74) is 0. The summed E-state index contributed by atoms with van der Waals surface area (Å²) in [6.45, 7) is 4.74. The standard InChI is InChI=1S/C7H15BrO2/c1-4-6(8)7(9-3)10-5-2/h6-7H,4-5H2,1-3H3. The molecule has 0 rings (SSSR count). The van der Waals surface area contributed by atoms with E-state index in [0.717, 1.165) is 6.42 Å². The molecule has 62 valence electrons. The highest BCUT2D eigenvalue weighted by molar-refractivity contribution is 9.09. The fraction of sp³-hybridized carbons (Fsp3) is 1.00. The van der Waals surface area contributed by atoms with Gasteiger partial charge in [-0.15, -0.1) is 0 Å². The van der Waals surface area contributed by atoms with E-state index >= 15 is 0 Å². The Kier molecular flexibility index (Phi) is 6.38. The second-order valence-corrected chi connectivity index (χ2v) is 3.16. The summed E-state index contributed by atoms with van der Waals surface area (Å²) in [6.07, 6.45) is 0.911. The molecule has 3 heteroatoms. The Balaban J connectivity index is 3.56. The highest BCUT2D eigenvalue weighted by atomic mass is 79.9. The molecule has 0 aromatic heterocycles. The van der Waals surface area contributed by atoms with Crippen molar-refractivity contribution in [1.82, 2.24) is 0 Å². The minimum Gasteiger partial charge on any atom is -0.355 e. The van der Waals surface area contributed by atoms with Crippen molar-refractivity contribution in [3.63, 3.8) is 0 Å². The quantitative estimate of drug-likeness (QED) is 0.512. The van der Waals surface area contributed by atoms with Crippen molar-refractivity contribution < 1.29 is 9.47 Å². The highest BCUT2D eigenvalue weighted by Gasteiger charge is 2.15. The molecule has 0 saturated carbocycles. The number of ether oxygens (including phenoxy) is 2. The molecule has 0 aromatic rings. The summed E-state index contributed by atoms with van der Waals surface area (Å²) < 4.78 is 10.3. The first kappa shape index (κ1) is 10.4. The molecule has 0 heterocycles. The normalized spacial score (nSPS) is 16.8. The smallest absolute Gasteiger partial charge is 0.169 e. The van der Waals surface area contributed by atoms with Crippen LogP contribution in [0, 0.1) is 0 Å². The van der Waals surface area contributed by atoms with E-state index in [1.807, 2.05) is 6.92 Å². The van der Waals surface area contributed by atoms with Gasteiger partial charge >= 0.3 is 0 Å². The average molecular weight is 211 g/mol. The van der Waals surface area contributed by atoms with Gasteiger partial charge in [0.15, 0.2) is 6.29 Å². The summed E-state index contributed by atoms with van der Waals surface area (Å²) in [6, 6.07) is 0. The van der Waals surface area contributed by atoms with Crippen LogP contribution in [0.15, 0.2) is 0 Å². The Morgan fingerprint density at radius 1 is 1.40 bits per heavy atom. The first-order valence-corrected chi connectivity index (χ1v) is 4.46. The molecule has 0 bridgehead atoms. The van der Waals surface area contributed by atoms with Crippen LogP contribution in [0.25, 0.3) is 0 Å². The molecule has 0 aliphatic rings. The second kappa shape index (κ2) is 6.13. The Bertz CT molecular complexity index is 78.0. The topological polar surface area (TPSA) is 18.5 Å². The summed E-state index contributed by atoms with van der Waals surface area (Å²) in [7, 11) is 1.66. The summed E-state index contributed by atoms with van der Waals surface area (Å²) in [4.78, 5) is 0.303. The molecule has 0 aliphatic heterocycles. The van der Waals surface area contributed by atoms with E-state index < -0.39 is 0 Å². The van der Waals surface area contributed by atoms with Gasteiger partial charge < -0.3 is 9.47 Å². The average Bonchev–Trinajstić information content (AvgIpc) is 1.99. The van der Waals surface area contributed by atoms with E-state index in [1.54, 1.807) is 7.11 Å². The van der Waals surface area contributed by atoms with E-state index in [2.05, 4.69) is 22.9 Å². The first-order valence-electron chi connectivity index (χ1n) is 3.54. The van der Waals surface area contributed by atoms with Gasteiger partial charge in [-0.25, -0.2) is 0 Å². The lowest BCUT2D eigenvalue weighted by atomic mass is 10.3. The third-order valence-electron chi connectivity index (χ3n) is 1.25. The van der Waals surface area contributed by atoms with Crippen molar-refractivity contribution in [1.29, 1.82) is 0 Å². The molecule has 2 unspecified atom stereocenters. The van der Waals surface area contributed by atoms with Gasteiger partial charge in [0.1, 0.15) is 0 Å². The van der Waals surface area contributed by atoms with Crippen LogP contribution in [0.5, 0.6) is 0 Å². The first-order chi connectivity index (χ1) is 4.76. The Morgan fingerprint density at radius 3 is 2.30 bits per heavy atom. The number of rotatable bonds is 5. The number of hydrogen-bond acceptors (Lipinski definition) is 2. The minimum absolute atomic E-state index is 0.102. The zero-order valence-corrected chi connectivity index (χ0v) is 8.35. The number of hydrogen-bond donors (Lipinski definition) is 0. The number of halogens is 1. The predicted octanol–water partition coefficient (Wildman–Crippen LogP) is 2.17. The summed E-state index contributed by atoms with van der Waals surface area (Å²) in [5, 5.41) is 0. The molecule has 0 N–H and O–H groups in total. The fourth-order valence-electron chi connectivity index (χ4n) is 0.677. The minimum atomic E-state index is -0.102. The van der Waals surface area contributed by atoms with E-state index in [1.165, 1.54) is 0 Å². The molecule has 0 aliphatic carbocycles. The summed E-state index contributed by atoms with van der Waals surface area (Å²) in [5.74, 6) is 0. The van der Waals surface area contributed by atoms with Gasteiger partial charge in [-0.3, -0.25) is 0 Å². The molecule has 0 saturated heterocycles. The molecule has 0 amide bonds. The van der Waals surface area contributed by atoms with Gasteiger partial charge in [0.2, 0.25) is 0 Å². The maximum atomic E-state index is 5.27. The molecule has 10 heavy (non-hydrogen) atoms. The van der Waals surface area contributed by atoms with E-state index in [0.29, 0.717) is 11.4 Å². The van der Waals surface area contributed by atoms with Crippen LogP contribution in [-0.2, 0) is 9.47 Å². The number of methoxy groups -OCH3 is 1. The SMILES string of the molecule is CCOC(OC)C(Br)CC. The molecule has 2 nitrogen and oxygen atoms in total. The molecule has 0 spiro atoms. The van der Waals surface area contributed by atoms with Gasteiger partial charge in [-0.05, 0) is 13.3 Å². The van der Waals surface area contributed by atoms with Crippen molar-refractivity contribution in [2.75, 3.05) is 13.7 Å². The maximum absolute atomic E-state index is 5.27. The largest absolute Gasteiger partial charge is 0.355 e. The van der Waals surface area contributed by atoms with Crippen LogP contribution in [-0.4, -0.2) is 24.8 Å². The van der Waals surface area contributed by atoms with Crippen LogP contribution in [0.2, 0.25) is 0 Å². The zero-order chi connectivity index (χ0) is 7.98. The highest BCUT2D eigenvalue weighted by Crippen LogP contribution is 2.13. The van der Waals surface area contributed by atoms with E-state index in [4.69, 9.17) is 9.47 Å². The van der Waals surface area contributed by atoms with Crippen LogP contribution in [0.3, 0.4) is 0 Å². The predicted molar refractivity (Wildman–Crippen MR) is 45.4 cm³/mol. The Hall–Kier alpha value is 0.400. The molecule has 0 radical (unpaired) electrons. The van der Waals surface area contributed by atoms with Crippen LogP contribution in [0.1, 0.15) is 20.3 Å². The third kappa shape index (κ3) is 3.54. The van der Waals surface area contributed by atoms with Crippen molar-refractivity contribution in [2.24, 2.45) is 0 Å². The molecular formula is C7H15BrO2. The van der Waals surface area contributed by atoms with E-state index in [-0.39, 0.29) is 6.29 Å².